The van der Waals surface area contributed by atoms with Crippen LogP contribution in [0.2, 0.25) is 0 Å². The largest absolute Gasteiger partial charge is 0.374 e. The number of nitrogens with zero attached hydrogens (tertiary/aromatic N) is 1. The van der Waals surface area contributed by atoms with E-state index < -0.39 is 0 Å². The second-order valence-electron chi connectivity index (χ2n) is 5.39. The van der Waals surface area contributed by atoms with Crippen molar-refractivity contribution in [3.8, 4) is 0 Å². The maximum atomic E-state index is 5.80. The van der Waals surface area contributed by atoms with Gasteiger partial charge in [0.05, 0.1) is 12.7 Å². The molecule has 3 heteroatoms. The van der Waals surface area contributed by atoms with Crippen LogP contribution < -0.4 is 5.32 Å². The summed E-state index contributed by atoms with van der Waals surface area (Å²) in [5.41, 5.74) is 0. The van der Waals surface area contributed by atoms with Crippen molar-refractivity contribution in [1.29, 1.82) is 0 Å². The van der Waals surface area contributed by atoms with E-state index in [4.69, 9.17) is 4.74 Å². The average molecular weight is 226 g/mol. The summed E-state index contributed by atoms with van der Waals surface area (Å²) in [7, 11) is 0. The Morgan fingerprint density at radius 1 is 1.44 bits per heavy atom. The van der Waals surface area contributed by atoms with Gasteiger partial charge in [0.15, 0.2) is 0 Å². The van der Waals surface area contributed by atoms with E-state index in [1.807, 2.05) is 0 Å². The molecule has 0 spiro atoms. The molecule has 0 bridgehead atoms. The molecule has 3 nitrogen and oxygen atoms in total. The van der Waals surface area contributed by atoms with Crippen LogP contribution in [0.15, 0.2) is 0 Å². The molecule has 0 aromatic rings. The average Bonchev–Trinajstić information content (AvgIpc) is 3.13. The van der Waals surface area contributed by atoms with Gasteiger partial charge in [-0.2, -0.15) is 0 Å². The van der Waals surface area contributed by atoms with Gasteiger partial charge in [0.1, 0.15) is 0 Å². The second kappa shape index (κ2) is 5.99. The molecule has 1 aliphatic heterocycles. The fourth-order valence-corrected chi connectivity index (χ4v) is 2.27. The van der Waals surface area contributed by atoms with E-state index in [0.717, 1.165) is 44.7 Å². The highest BCUT2D eigenvalue weighted by atomic mass is 16.5. The molecule has 0 aromatic carbocycles. The van der Waals surface area contributed by atoms with Gasteiger partial charge in [0, 0.05) is 25.7 Å². The topological polar surface area (TPSA) is 24.5 Å². The lowest BCUT2D eigenvalue weighted by Gasteiger charge is -2.33. The van der Waals surface area contributed by atoms with Gasteiger partial charge in [-0.25, -0.2) is 0 Å². The van der Waals surface area contributed by atoms with Crippen molar-refractivity contribution in [3.05, 3.63) is 0 Å². The molecule has 0 aromatic heterocycles. The van der Waals surface area contributed by atoms with Crippen LogP contribution in [-0.2, 0) is 4.74 Å². The summed E-state index contributed by atoms with van der Waals surface area (Å²) in [6.45, 7) is 9.90. The van der Waals surface area contributed by atoms with E-state index in [0.29, 0.717) is 6.10 Å². The summed E-state index contributed by atoms with van der Waals surface area (Å²) in [6, 6.07) is 0.890. The van der Waals surface area contributed by atoms with Crippen molar-refractivity contribution >= 4 is 0 Å². The molecule has 2 fully saturated rings. The first kappa shape index (κ1) is 12.3. The molecule has 2 atom stereocenters. The van der Waals surface area contributed by atoms with Crippen molar-refractivity contribution < 1.29 is 4.74 Å². The van der Waals surface area contributed by atoms with Crippen LogP contribution in [0.25, 0.3) is 0 Å². The summed E-state index contributed by atoms with van der Waals surface area (Å²) >= 11 is 0. The zero-order valence-corrected chi connectivity index (χ0v) is 10.7. The number of hydrogen-bond acceptors (Lipinski definition) is 3. The Balaban J connectivity index is 1.61. The summed E-state index contributed by atoms with van der Waals surface area (Å²) in [4.78, 5) is 2.61. The molecule has 1 N–H and O–H groups in total. The van der Waals surface area contributed by atoms with Gasteiger partial charge < -0.3 is 10.1 Å². The number of hydrogen-bond donors (Lipinski definition) is 1. The second-order valence-corrected chi connectivity index (χ2v) is 5.39. The third kappa shape index (κ3) is 3.72. The molecular weight excluding hydrogens is 200 g/mol. The monoisotopic (exact) mass is 226 g/mol. The Kier molecular flexibility index (Phi) is 4.62. The highest BCUT2D eigenvalue weighted by Crippen LogP contribution is 2.27. The van der Waals surface area contributed by atoms with Crippen LogP contribution in [0.5, 0.6) is 0 Å². The Morgan fingerprint density at radius 2 is 2.25 bits per heavy atom. The Labute approximate surface area is 99.5 Å². The van der Waals surface area contributed by atoms with Crippen LogP contribution in [0.3, 0.4) is 0 Å². The zero-order chi connectivity index (χ0) is 11.4. The van der Waals surface area contributed by atoms with Crippen LogP contribution in [0, 0.1) is 5.92 Å². The summed E-state index contributed by atoms with van der Waals surface area (Å²) in [5, 5.41) is 3.53. The molecule has 94 valence electrons. The number of morpholine rings is 1. The van der Waals surface area contributed by atoms with Gasteiger partial charge in [-0.15, -0.1) is 0 Å². The Bertz CT molecular complexity index is 206. The quantitative estimate of drug-likeness (QED) is 0.742. The van der Waals surface area contributed by atoms with E-state index in [1.165, 1.54) is 19.3 Å². The third-order valence-electron chi connectivity index (χ3n) is 3.80. The number of rotatable bonds is 6. The minimum Gasteiger partial charge on any atom is -0.374 e. The van der Waals surface area contributed by atoms with Crippen molar-refractivity contribution in [2.45, 2.75) is 45.3 Å². The lowest BCUT2D eigenvalue weighted by atomic mass is 10.1. The number of ether oxygens (including phenoxy) is 1. The van der Waals surface area contributed by atoms with Crippen LogP contribution >= 0.6 is 0 Å². The first-order valence-electron chi connectivity index (χ1n) is 6.86. The Hall–Kier alpha value is -0.120. The molecular formula is C13H26N2O. The van der Waals surface area contributed by atoms with Crippen molar-refractivity contribution in [2.24, 2.45) is 5.92 Å². The molecule has 0 radical (unpaired) electrons. The maximum absolute atomic E-state index is 5.80. The summed E-state index contributed by atoms with van der Waals surface area (Å²) in [6.07, 6.45) is 4.49. The van der Waals surface area contributed by atoms with Gasteiger partial charge in [-0.05, 0) is 25.3 Å². The first-order chi connectivity index (χ1) is 7.79. The molecule has 1 aliphatic carbocycles. The SMILES string of the molecule is CCC(C)CNCC1CN(C2CC2)CCO1. The lowest BCUT2D eigenvalue weighted by Crippen LogP contribution is -2.47. The predicted octanol–water partition coefficient (Wildman–Crippen LogP) is 1.49. The minimum absolute atomic E-state index is 0.415. The molecule has 2 unspecified atom stereocenters. The van der Waals surface area contributed by atoms with Crippen molar-refractivity contribution in [1.82, 2.24) is 10.2 Å². The van der Waals surface area contributed by atoms with Gasteiger partial charge >= 0.3 is 0 Å². The molecule has 2 aliphatic rings. The summed E-state index contributed by atoms with van der Waals surface area (Å²) < 4.78 is 5.80. The van der Waals surface area contributed by atoms with Gasteiger partial charge in [0.25, 0.3) is 0 Å². The van der Waals surface area contributed by atoms with Gasteiger partial charge in [-0.1, -0.05) is 20.3 Å². The van der Waals surface area contributed by atoms with Gasteiger partial charge in [-0.3, -0.25) is 4.90 Å². The Morgan fingerprint density at radius 3 is 2.94 bits per heavy atom. The van der Waals surface area contributed by atoms with Crippen molar-refractivity contribution in [3.63, 3.8) is 0 Å². The highest BCUT2D eigenvalue weighted by molar-refractivity contribution is 4.87. The highest BCUT2D eigenvalue weighted by Gasteiger charge is 2.32. The van der Waals surface area contributed by atoms with Crippen LogP contribution in [-0.4, -0.2) is 49.8 Å². The van der Waals surface area contributed by atoms with Gasteiger partial charge in [0.2, 0.25) is 0 Å². The number of nitrogens with one attached hydrogen (secondary N) is 1. The van der Waals surface area contributed by atoms with E-state index in [1.54, 1.807) is 0 Å². The minimum atomic E-state index is 0.415. The van der Waals surface area contributed by atoms with E-state index in [-0.39, 0.29) is 0 Å². The molecule has 1 saturated heterocycles. The normalized spacial score (nSPS) is 29.2. The molecule has 1 saturated carbocycles. The van der Waals surface area contributed by atoms with E-state index in [9.17, 15) is 0 Å². The van der Waals surface area contributed by atoms with Crippen LogP contribution in [0.1, 0.15) is 33.1 Å². The standard InChI is InChI=1S/C13H26N2O/c1-3-11(2)8-14-9-13-10-15(6-7-16-13)12-4-5-12/h11-14H,3-10H2,1-2H3. The maximum Gasteiger partial charge on any atom is 0.0826 e. The fraction of sp³-hybridized carbons (Fsp3) is 1.00. The van der Waals surface area contributed by atoms with E-state index >= 15 is 0 Å². The van der Waals surface area contributed by atoms with Crippen LogP contribution in [0.4, 0.5) is 0 Å². The first-order valence-corrected chi connectivity index (χ1v) is 6.86. The molecule has 1 heterocycles. The lowest BCUT2D eigenvalue weighted by molar-refractivity contribution is -0.0302. The molecule has 2 rings (SSSR count). The van der Waals surface area contributed by atoms with E-state index in [2.05, 4.69) is 24.1 Å². The van der Waals surface area contributed by atoms with Crippen molar-refractivity contribution in [2.75, 3.05) is 32.8 Å². The predicted molar refractivity (Wildman–Crippen MR) is 66.7 cm³/mol. The molecule has 16 heavy (non-hydrogen) atoms. The fourth-order valence-electron chi connectivity index (χ4n) is 2.27. The summed E-state index contributed by atoms with van der Waals surface area (Å²) in [5.74, 6) is 0.781. The third-order valence-corrected chi connectivity index (χ3v) is 3.80. The molecule has 0 amide bonds. The smallest absolute Gasteiger partial charge is 0.0826 e. The zero-order valence-electron chi connectivity index (χ0n) is 10.7.